The molecule has 100 valence electrons. The summed E-state index contributed by atoms with van der Waals surface area (Å²) in [6, 6.07) is 12.9. The number of aromatic nitrogens is 3. The number of pyridine rings is 1. The summed E-state index contributed by atoms with van der Waals surface area (Å²) >= 11 is 0. The summed E-state index contributed by atoms with van der Waals surface area (Å²) in [7, 11) is 0. The molecule has 2 N–H and O–H groups in total. The minimum absolute atomic E-state index is 0.244. The fourth-order valence-electron chi connectivity index (χ4n) is 1.68. The minimum Gasteiger partial charge on any atom is -0.485 e. The number of ether oxygens (including phenoxy) is 1. The molecule has 1 aromatic carbocycles. The molecule has 0 saturated carbocycles. The lowest BCUT2D eigenvalue weighted by Crippen LogP contribution is -1.97. The largest absolute Gasteiger partial charge is 0.485 e. The normalized spacial score (nSPS) is 10.4. The van der Waals surface area contributed by atoms with Crippen molar-refractivity contribution in [2.24, 2.45) is 0 Å². The lowest BCUT2D eigenvalue weighted by molar-refractivity contribution is 0.287. The number of hydrogen-bond donors (Lipinski definition) is 1. The van der Waals surface area contributed by atoms with E-state index < -0.39 is 0 Å². The van der Waals surface area contributed by atoms with Gasteiger partial charge in [-0.15, -0.1) is 0 Å². The van der Waals surface area contributed by atoms with Crippen LogP contribution >= 0.6 is 0 Å². The summed E-state index contributed by atoms with van der Waals surface area (Å²) in [5.74, 6) is 2.03. The van der Waals surface area contributed by atoms with Crippen molar-refractivity contribution >= 4 is 5.82 Å². The Balaban J connectivity index is 1.71. The number of nitrogens with two attached hydrogens (primary N) is 1. The Morgan fingerprint density at radius 1 is 1.15 bits per heavy atom. The zero-order valence-electron chi connectivity index (χ0n) is 10.6. The van der Waals surface area contributed by atoms with E-state index in [2.05, 4.69) is 15.1 Å². The molecule has 0 aliphatic heterocycles. The predicted molar refractivity (Wildman–Crippen MR) is 72.7 cm³/mol. The lowest BCUT2D eigenvalue weighted by Gasteiger charge is -2.01. The summed E-state index contributed by atoms with van der Waals surface area (Å²) in [5.41, 5.74) is 6.34. The van der Waals surface area contributed by atoms with Crippen LogP contribution in [-0.4, -0.2) is 15.1 Å². The SMILES string of the molecule is Nc1cc(-c2nc(COc3ccccc3)no2)ccn1. The second-order valence-corrected chi connectivity index (χ2v) is 4.09. The standard InChI is InChI=1S/C14H12N4O2/c15-12-8-10(6-7-16-12)14-17-13(18-20-14)9-19-11-4-2-1-3-5-11/h1-8H,9H2,(H2,15,16). The molecule has 0 unspecified atom stereocenters. The summed E-state index contributed by atoms with van der Waals surface area (Å²) in [4.78, 5) is 8.16. The van der Waals surface area contributed by atoms with Crippen molar-refractivity contribution in [1.82, 2.24) is 15.1 Å². The maximum absolute atomic E-state index is 5.61. The number of nitrogen functional groups attached to an aromatic ring is 1. The second-order valence-electron chi connectivity index (χ2n) is 4.09. The first-order valence-electron chi connectivity index (χ1n) is 6.03. The Labute approximate surface area is 115 Å². The fourth-order valence-corrected chi connectivity index (χ4v) is 1.68. The maximum Gasteiger partial charge on any atom is 0.258 e. The van der Waals surface area contributed by atoms with Gasteiger partial charge in [0.1, 0.15) is 11.6 Å². The van der Waals surface area contributed by atoms with Crippen LogP contribution in [0.25, 0.3) is 11.5 Å². The molecule has 2 aromatic heterocycles. The molecule has 3 aromatic rings. The molecular formula is C14H12N4O2. The third kappa shape index (κ3) is 2.74. The van der Waals surface area contributed by atoms with E-state index in [-0.39, 0.29) is 6.61 Å². The molecule has 0 amide bonds. The molecule has 0 aliphatic rings. The second kappa shape index (κ2) is 5.40. The molecular weight excluding hydrogens is 256 g/mol. The maximum atomic E-state index is 5.61. The summed E-state index contributed by atoms with van der Waals surface area (Å²) in [5, 5.41) is 3.86. The summed E-state index contributed by atoms with van der Waals surface area (Å²) in [6.45, 7) is 0.244. The van der Waals surface area contributed by atoms with Crippen LogP contribution in [0.4, 0.5) is 5.82 Å². The predicted octanol–water partition coefficient (Wildman–Crippen LogP) is 2.29. The highest BCUT2D eigenvalue weighted by Gasteiger charge is 2.09. The number of para-hydroxylation sites is 1. The molecule has 0 fully saturated rings. The molecule has 20 heavy (non-hydrogen) atoms. The molecule has 0 spiro atoms. The van der Waals surface area contributed by atoms with Gasteiger partial charge >= 0.3 is 0 Å². The monoisotopic (exact) mass is 268 g/mol. The number of rotatable bonds is 4. The van der Waals surface area contributed by atoms with Crippen LogP contribution in [0.2, 0.25) is 0 Å². The van der Waals surface area contributed by atoms with Crippen LogP contribution < -0.4 is 10.5 Å². The van der Waals surface area contributed by atoms with Crippen molar-refractivity contribution in [3.05, 3.63) is 54.5 Å². The van der Waals surface area contributed by atoms with Gasteiger partial charge in [-0.25, -0.2) is 4.98 Å². The average Bonchev–Trinajstić information content (AvgIpc) is 2.95. The molecule has 6 nitrogen and oxygen atoms in total. The van der Waals surface area contributed by atoms with Crippen LogP contribution in [-0.2, 0) is 6.61 Å². The van der Waals surface area contributed by atoms with E-state index in [1.165, 1.54) is 0 Å². The van der Waals surface area contributed by atoms with Gasteiger partial charge in [0.05, 0.1) is 0 Å². The molecule has 0 aliphatic carbocycles. The lowest BCUT2D eigenvalue weighted by atomic mass is 10.2. The van der Waals surface area contributed by atoms with Crippen molar-refractivity contribution in [1.29, 1.82) is 0 Å². The van der Waals surface area contributed by atoms with Crippen LogP contribution in [0.1, 0.15) is 5.82 Å². The van der Waals surface area contributed by atoms with Crippen LogP contribution in [0, 0.1) is 0 Å². The van der Waals surface area contributed by atoms with E-state index in [9.17, 15) is 0 Å². The zero-order valence-corrected chi connectivity index (χ0v) is 10.6. The fraction of sp³-hybridized carbons (Fsp3) is 0.0714. The molecule has 3 rings (SSSR count). The van der Waals surface area contributed by atoms with E-state index in [4.69, 9.17) is 15.0 Å². The number of hydrogen-bond acceptors (Lipinski definition) is 6. The van der Waals surface area contributed by atoms with E-state index in [0.717, 1.165) is 11.3 Å². The van der Waals surface area contributed by atoms with Crippen molar-refractivity contribution in [3.8, 4) is 17.2 Å². The van der Waals surface area contributed by atoms with Crippen molar-refractivity contribution in [2.75, 3.05) is 5.73 Å². The van der Waals surface area contributed by atoms with Crippen LogP contribution in [0.3, 0.4) is 0 Å². The molecule has 0 radical (unpaired) electrons. The van der Waals surface area contributed by atoms with Crippen molar-refractivity contribution in [2.45, 2.75) is 6.61 Å². The van der Waals surface area contributed by atoms with E-state index in [0.29, 0.717) is 17.5 Å². The zero-order chi connectivity index (χ0) is 13.8. The summed E-state index contributed by atoms with van der Waals surface area (Å²) < 4.78 is 10.7. The average molecular weight is 268 g/mol. The Morgan fingerprint density at radius 3 is 2.80 bits per heavy atom. The van der Waals surface area contributed by atoms with Gasteiger partial charge in [-0.2, -0.15) is 4.98 Å². The number of nitrogens with zero attached hydrogens (tertiary/aromatic N) is 3. The molecule has 0 saturated heterocycles. The van der Waals surface area contributed by atoms with Crippen molar-refractivity contribution in [3.63, 3.8) is 0 Å². The van der Waals surface area contributed by atoms with E-state index >= 15 is 0 Å². The smallest absolute Gasteiger partial charge is 0.258 e. The molecule has 2 heterocycles. The highest BCUT2D eigenvalue weighted by Crippen LogP contribution is 2.18. The quantitative estimate of drug-likeness (QED) is 0.781. The third-order valence-electron chi connectivity index (χ3n) is 2.61. The Bertz CT molecular complexity index is 697. The van der Waals surface area contributed by atoms with Gasteiger partial charge in [-0.3, -0.25) is 0 Å². The van der Waals surface area contributed by atoms with Gasteiger partial charge in [-0.05, 0) is 24.3 Å². The van der Waals surface area contributed by atoms with Crippen LogP contribution in [0.5, 0.6) is 5.75 Å². The Hall–Kier alpha value is -2.89. The van der Waals surface area contributed by atoms with Gasteiger partial charge in [-0.1, -0.05) is 23.4 Å². The third-order valence-corrected chi connectivity index (χ3v) is 2.61. The van der Waals surface area contributed by atoms with E-state index in [1.54, 1.807) is 18.3 Å². The Morgan fingerprint density at radius 2 is 2.00 bits per heavy atom. The molecule has 0 atom stereocenters. The van der Waals surface area contributed by atoms with E-state index in [1.807, 2.05) is 30.3 Å². The van der Waals surface area contributed by atoms with Crippen molar-refractivity contribution < 1.29 is 9.26 Å². The van der Waals surface area contributed by atoms with Gasteiger partial charge < -0.3 is 15.0 Å². The highest BCUT2D eigenvalue weighted by molar-refractivity contribution is 5.56. The minimum atomic E-state index is 0.244. The topological polar surface area (TPSA) is 87.1 Å². The first kappa shape index (κ1) is 12.2. The summed E-state index contributed by atoms with van der Waals surface area (Å²) in [6.07, 6.45) is 1.59. The van der Waals surface area contributed by atoms with Gasteiger partial charge in [0.2, 0.25) is 5.82 Å². The first-order chi connectivity index (χ1) is 9.81. The van der Waals surface area contributed by atoms with Gasteiger partial charge in [0, 0.05) is 11.8 Å². The molecule has 0 bridgehead atoms. The van der Waals surface area contributed by atoms with Crippen LogP contribution in [0.15, 0.2) is 53.2 Å². The highest BCUT2D eigenvalue weighted by atomic mass is 16.5. The number of anilines is 1. The van der Waals surface area contributed by atoms with Gasteiger partial charge in [0.15, 0.2) is 6.61 Å². The van der Waals surface area contributed by atoms with Gasteiger partial charge in [0.25, 0.3) is 5.89 Å². The molecule has 6 heteroatoms. The Kier molecular flexibility index (Phi) is 3.28. The number of benzene rings is 1. The first-order valence-corrected chi connectivity index (χ1v) is 6.03.